The van der Waals surface area contributed by atoms with Crippen LogP contribution < -0.4 is 5.32 Å². The highest BCUT2D eigenvalue weighted by atomic mass is 16.5. The maximum atomic E-state index is 5.83. The van der Waals surface area contributed by atoms with Gasteiger partial charge in [0.1, 0.15) is 0 Å². The Hall–Kier alpha value is -1.12. The maximum Gasteiger partial charge on any atom is 0.0820 e. The molecule has 1 N–H and O–H groups in total. The third-order valence-electron chi connectivity index (χ3n) is 6.31. The summed E-state index contributed by atoms with van der Waals surface area (Å²) in [7, 11) is 1.87. The molecule has 2 heteroatoms. The van der Waals surface area contributed by atoms with E-state index in [4.69, 9.17) is 4.74 Å². The van der Waals surface area contributed by atoms with Crippen LogP contribution in [0.4, 0.5) is 0 Å². The molecule has 0 aromatic rings. The Labute approximate surface area is 140 Å². The minimum Gasteiger partial charge on any atom is -0.377 e. The van der Waals surface area contributed by atoms with Crippen molar-refractivity contribution in [2.24, 2.45) is 17.8 Å². The van der Waals surface area contributed by atoms with Crippen molar-refractivity contribution in [1.82, 2.24) is 5.32 Å². The van der Waals surface area contributed by atoms with E-state index in [0.29, 0.717) is 11.8 Å². The average molecular weight is 311 g/mol. The van der Waals surface area contributed by atoms with Gasteiger partial charge in [0, 0.05) is 18.9 Å². The molecule has 1 fully saturated rings. The van der Waals surface area contributed by atoms with Crippen LogP contribution in [-0.2, 0) is 4.74 Å². The Morgan fingerprint density at radius 3 is 2.83 bits per heavy atom. The zero-order valence-electron chi connectivity index (χ0n) is 14.3. The van der Waals surface area contributed by atoms with Gasteiger partial charge in [-0.1, -0.05) is 41.5 Å². The van der Waals surface area contributed by atoms with Gasteiger partial charge in [-0.15, -0.1) is 0 Å². The molecule has 3 unspecified atom stereocenters. The zero-order valence-corrected chi connectivity index (χ0v) is 14.3. The molecule has 0 aromatic carbocycles. The highest BCUT2D eigenvalue weighted by molar-refractivity contribution is 5.43. The van der Waals surface area contributed by atoms with Crippen LogP contribution in [0.3, 0.4) is 0 Å². The predicted octanol–water partition coefficient (Wildman–Crippen LogP) is 4.17. The van der Waals surface area contributed by atoms with Gasteiger partial charge in [-0.05, 0) is 63.1 Å². The van der Waals surface area contributed by atoms with Gasteiger partial charge in [0.2, 0.25) is 0 Å². The Morgan fingerprint density at radius 2 is 2.00 bits per heavy atom. The Kier molecular flexibility index (Phi) is 4.54. The molecule has 0 bridgehead atoms. The molecule has 1 aliphatic heterocycles. The lowest BCUT2D eigenvalue weighted by Crippen LogP contribution is -2.36. The molecule has 0 amide bonds. The summed E-state index contributed by atoms with van der Waals surface area (Å²) in [5, 5.41) is 3.54. The van der Waals surface area contributed by atoms with Crippen molar-refractivity contribution in [3.05, 3.63) is 47.1 Å². The smallest absolute Gasteiger partial charge is 0.0820 e. The standard InChI is InChI=1S/C21H29NO/c1-23-20-8-4-7-19-18(20)10-9-15-5-2-3-6-17(15)21(19)16-11-13-22-14-12-16/h3-4,6-8,16,18,20-22H,2,5,9-14H2,1H3. The summed E-state index contributed by atoms with van der Waals surface area (Å²) >= 11 is 0. The Morgan fingerprint density at radius 1 is 1.13 bits per heavy atom. The fourth-order valence-electron chi connectivity index (χ4n) is 5.17. The van der Waals surface area contributed by atoms with Crippen molar-refractivity contribution < 1.29 is 4.74 Å². The molecule has 0 spiro atoms. The Balaban J connectivity index is 1.75. The van der Waals surface area contributed by atoms with Crippen molar-refractivity contribution in [1.29, 1.82) is 0 Å². The van der Waals surface area contributed by atoms with Crippen LogP contribution in [0.2, 0.25) is 0 Å². The molecule has 4 rings (SSSR count). The van der Waals surface area contributed by atoms with E-state index in [0.717, 1.165) is 5.92 Å². The number of allylic oxidation sites excluding steroid dienone is 6. The van der Waals surface area contributed by atoms with Gasteiger partial charge >= 0.3 is 0 Å². The van der Waals surface area contributed by atoms with Crippen molar-refractivity contribution in [2.45, 2.75) is 44.6 Å². The van der Waals surface area contributed by atoms with Crippen molar-refractivity contribution in [2.75, 3.05) is 20.2 Å². The van der Waals surface area contributed by atoms with Crippen molar-refractivity contribution >= 4 is 0 Å². The Bertz CT molecular complexity index is 562. The SMILES string of the molecule is COC1C=CC=C2C1CCC1=C(C=CCC1)C2C1CCNCC1. The third-order valence-corrected chi connectivity index (χ3v) is 6.31. The average Bonchev–Trinajstić information content (AvgIpc) is 2.79. The van der Waals surface area contributed by atoms with Crippen LogP contribution in [0.15, 0.2) is 47.1 Å². The second-order valence-corrected chi connectivity index (χ2v) is 7.46. The molecule has 0 aromatic heterocycles. The molecule has 1 heterocycles. The van der Waals surface area contributed by atoms with Gasteiger partial charge in [0.15, 0.2) is 0 Å². The molecule has 2 nitrogen and oxygen atoms in total. The lowest BCUT2D eigenvalue weighted by atomic mass is 9.69. The summed E-state index contributed by atoms with van der Waals surface area (Å²) in [6.07, 6.45) is 19.7. The number of rotatable bonds is 2. The van der Waals surface area contributed by atoms with Gasteiger partial charge < -0.3 is 10.1 Å². The van der Waals surface area contributed by atoms with Crippen LogP contribution in [0.25, 0.3) is 0 Å². The van der Waals surface area contributed by atoms with E-state index in [1.807, 2.05) is 7.11 Å². The normalized spacial score (nSPS) is 34.7. The van der Waals surface area contributed by atoms with Gasteiger partial charge in [-0.3, -0.25) is 0 Å². The molecule has 124 valence electrons. The number of ether oxygens (including phenoxy) is 1. The van der Waals surface area contributed by atoms with Crippen molar-refractivity contribution in [3.63, 3.8) is 0 Å². The van der Waals surface area contributed by atoms with E-state index < -0.39 is 0 Å². The molecule has 4 aliphatic rings. The number of hydrogen-bond acceptors (Lipinski definition) is 2. The summed E-state index contributed by atoms with van der Waals surface area (Å²) in [6.45, 7) is 2.35. The molecule has 0 radical (unpaired) electrons. The number of nitrogens with one attached hydrogen (secondary N) is 1. The molecular formula is C21H29NO. The third kappa shape index (κ3) is 2.88. The fraction of sp³-hybridized carbons (Fsp3) is 0.619. The topological polar surface area (TPSA) is 21.3 Å². The molecular weight excluding hydrogens is 282 g/mol. The number of fused-ring (bicyclic) bond motifs is 1. The van der Waals surface area contributed by atoms with Crippen molar-refractivity contribution in [3.8, 4) is 0 Å². The van der Waals surface area contributed by atoms with Gasteiger partial charge in [-0.25, -0.2) is 0 Å². The highest BCUT2D eigenvalue weighted by Gasteiger charge is 2.39. The van der Waals surface area contributed by atoms with Crippen LogP contribution >= 0.6 is 0 Å². The van der Waals surface area contributed by atoms with Gasteiger partial charge in [0.05, 0.1) is 6.10 Å². The molecule has 3 atom stereocenters. The number of methoxy groups -OCH3 is 1. The van der Waals surface area contributed by atoms with E-state index >= 15 is 0 Å². The van der Waals surface area contributed by atoms with Crippen LogP contribution in [0, 0.1) is 17.8 Å². The maximum absolute atomic E-state index is 5.83. The highest BCUT2D eigenvalue weighted by Crippen LogP contribution is 2.48. The zero-order chi connectivity index (χ0) is 15.6. The monoisotopic (exact) mass is 311 g/mol. The van der Waals surface area contributed by atoms with Crippen LogP contribution in [0.1, 0.15) is 38.5 Å². The molecule has 23 heavy (non-hydrogen) atoms. The van der Waals surface area contributed by atoms with E-state index in [1.54, 1.807) is 16.7 Å². The summed E-state index contributed by atoms with van der Waals surface area (Å²) in [5.74, 6) is 1.99. The quantitative estimate of drug-likeness (QED) is 0.826. The number of hydrogen-bond donors (Lipinski definition) is 1. The molecule has 0 saturated carbocycles. The first kappa shape index (κ1) is 15.4. The predicted molar refractivity (Wildman–Crippen MR) is 95.2 cm³/mol. The first-order chi connectivity index (χ1) is 11.4. The summed E-state index contributed by atoms with van der Waals surface area (Å²) in [5.41, 5.74) is 5.06. The summed E-state index contributed by atoms with van der Waals surface area (Å²) < 4.78 is 5.83. The molecule has 3 aliphatic carbocycles. The van der Waals surface area contributed by atoms with E-state index in [2.05, 4.69) is 35.7 Å². The summed E-state index contributed by atoms with van der Waals surface area (Å²) in [6, 6.07) is 0. The largest absolute Gasteiger partial charge is 0.377 e. The van der Waals surface area contributed by atoms with Crippen LogP contribution in [-0.4, -0.2) is 26.3 Å². The molecule has 1 saturated heterocycles. The first-order valence-electron chi connectivity index (χ1n) is 9.38. The van der Waals surface area contributed by atoms with Crippen LogP contribution in [0.5, 0.6) is 0 Å². The minimum absolute atomic E-state index is 0.268. The van der Waals surface area contributed by atoms with Gasteiger partial charge in [-0.2, -0.15) is 0 Å². The minimum atomic E-state index is 0.268. The second-order valence-electron chi connectivity index (χ2n) is 7.46. The van der Waals surface area contributed by atoms with Gasteiger partial charge in [0.25, 0.3) is 0 Å². The lowest BCUT2D eigenvalue weighted by molar-refractivity contribution is 0.0930. The van der Waals surface area contributed by atoms with E-state index in [1.165, 1.54) is 51.6 Å². The fourth-order valence-corrected chi connectivity index (χ4v) is 5.17. The summed E-state index contributed by atoms with van der Waals surface area (Å²) in [4.78, 5) is 0. The second kappa shape index (κ2) is 6.78. The number of piperidine rings is 1. The first-order valence-corrected chi connectivity index (χ1v) is 9.38. The van der Waals surface area contributed by atoms with E-state index in [-0.39, 0.29) is 6.10 Å². The lowest BCUT2D eigenvalue weighted by Gasteiger charge is -2.38. The van der Waals surface area contributed by atoms with E-state index in [9.17, 15) is 0 Å².